The van der Waals surface area contributed by atoms with Crippen molar-refractivity contribution in [3.63, 3.8) is 0 Å². The molecule has 0 saturated heterocycles. The van der Waals surface area contributed by atoms with Gasteiger partial charge in [-0.15, -0.1) is 0 Å². The van der Waals surface area contributed by atoms with E-state index in [4.69, 9.17) is 9.47 Å². The molecule has 5 heteroatoms. The van der Waals surface area contributed by atoms with Gasteiger partial charge in [-0.1, -0.05) is 6.07 Å². The Morgan fingerprint density at radius 2 is 1.90 bits per heavy atom. The monoisotopic (exact) mass is 286 g/mol. The Hall–Kier alpha value is -2.56. The summed E-state index contributed by atoms with van der Waals surface area (Å²) >= 11 is 0. The van der Waals surface area contributed by atoms with Crippen molar-refractivity contribution in [2.75, 3.05) is 13.7 Å². The molecule has 0 saturated carbocycles. The molecule has 0 atom stereocenters. The highest BCUT2D eigenvalue weighted by Gasteiger charge is 2.04. The molecule has 0 aliphatic heterocycles. The number of pyridine rings is 1. The van der Waals surface area contributed by atoms with Gasteiger partial charge in [0.2, 0.25) is 5.88 Å². The van der Waals surface area contributed by atoms with Gasteiger partial charge in [0.05, 0.1) is 12.3 Å². The molecule has 0 spiro atoms. The molecule has 0 radical (unpaired) electrons. The fourth-order valence-corrected chi connectivity index (χ4v) is 1.77. The first kappa shape index (κ1) is 14.8. The van der Waals surface area contributed by atoms with E-state index in [1.54, 1.807) is 31.3 Å². The molecule has 1 heterocycles. The summed E-state index contributed by atoms with van der Waals surface area (Å²) in [5.74, 6) is 1.16. The van der Waals surface area contributed by atoms with Crippen LogP contribution in [-0.2, 0) is 6.61 Å². The van der Waals surface area contributed by atoms with Crippen molar-refractivity contribution in [1.82, 2.24) is 10.3 Å². The number of benzene rings is 1. The van der Waals surface area contributed by atoms with Gasteiger partial charge in [0.1, 0.15) is 12.4 Å². The first-order chi connectivity index (χ1) is 10.2. The lowest BCUT2D eigenvalue weighted by atomic mass is 10.2. The number of ether oxygens (including phenoxy) is 2. The van der Waals surface area contributed by atoms with Crippen LogP contribution in [0, 0.1) is 0 Å². The highest BCUT2D eigenvalue weighted by atomic mass is 16.5. The maximum absolute atomic E-state index is 11.4. The Morgan fingerprint density at radius 3 is 2.57 bits per heavy atom. The second-order valence-electron chi connectivity index (χ2n) is 4.29. The second-order valence-corrected chi connectivity index (χ2v) is 4.29. The van der Waals surface area contributed by atoms with Crippen molar-refractivity contribution in [2.45, 2.75) is 13.5 Å². The van der Waals surface area contributed by atoms with Crippen LogP contribution in [0.15, 0.2) is 42.5 Å². The van der Waals surface area contributed by atoms with Crippen LogP contribution in [-0.4, -0.2) is 24.5 Å². The summed E-state index contributed by atoms with van der Waals surface area (Å²) in [6, 6.07) is 12.5. The zero-order valence-corrected chi connectivity index (χ0v) is 12.1. The molecule has 2 rings (SSSR count). The molecule has 2 aromatic rings. The van der Waals surface area contributed by atoms with E-state index in [2.05, 4.69) is 10.3 Å². The van der Waals surface area contributed by atoms with E-state index >= 15 is 0 Å². The molecule has 5 nitrogen and oxygen atoms in total. The highest BCUT2D eigenvalue weighted by Crippen LogP contribution is 2.15. The van der Waals surface area contributed by atoms with Gasteiger partial charge in [0.15, 0.2) is 0 Å². The van der Waals surface area contributed by atoms with Gasteiger partial charge in [-0.25, -0.2) is 4.98 Å². The van der Waals surface area contributed by atoms with Crippen LogP contribution in [0.1, 0.15) is 23.0 Å². The third kappa shape index (κ3) is 4.21. The number of aromatic nitrogens is 1. The molecule has 1 amide bonds. The SMILES string of the molecule is CCOc1cccc(COc2ccc(C(=O)NC)cc2)n1. The number of carbonyl (C=O) groups is 1. The maximum atomic E-state index is 11.4. The molecule has 0 unspecified atom stereocenters. The summed E-state index contributed by atoms with van der Waals surface area (Å²) in [5.41, 5.74) is 1.39. The van der Waals surface area contributed by atoms with Gasteiger partial charge in [0.25, 0.3) is 5.91 Å². The summed E-state index contributed by atoms with van der Waals surface area (Å²) in [6.45, 7) is 2.84. The predicted octanol–water partition coefficient (Wildman–Crippen LogP) is 2.42. The van der Waals surface area contributed by atoms with Crippen LogP contribution >= 0.6 is 0 Å². The lowest BCUT2D eigenvalue weighted by Crippen LogP contribution is -2.17. The Balaban J connectivity index is 1.96. The lowest BCUT2D eigenvalue weighted by molar-refractivity contribution is 0.0963. The van der Waals surface area contributed by atoms with Gasteiger partial charge in [0, 0.05) is 18.7 Å². The topological polar surface area (TPSA) is 60.5 Å². The van der Waals surface area contributed by atoms with Crippen molar-refractivity contribution < 1.29 is 14.3 Å². The molecular weight excluding hydrogens is 268 g/mol. The smallest absolute Gasteiger partial charge is 0.251 e. The summed E-state index contributed by atoms with van der Waals surface area (Å²) in [4.78, 5) is 15.8. The summed E-state index contributed by atoms with van der Waals surface area (Å²) < 4.78 is 11.0. The van der Waals surface area contributed by atoms with Gasteiger partial charge in [-0.05, 0) is 37.3 Å². The van der Waals surface area contributed by atoms with E-state index in [9.17, 15) is 4.79 Å². The molecule has 0 fully saturated rings. The van der Waals surface area contributed by atoms with Gasteiger partial charge < -0.3 is 14.8 Å². The summed E-state index contributed by atoms with van der Waals surface area (Å²) in [6.07, 6.45) is 0. The van der Waals surface area contributed by atoms with Crippen molar-refractivity contribution in [3.05, 3.63) is 53.7 Å². The number of nitrogens with zero attached hydrogens (tertiary/aromatic N) is 1. The van der Waals surface area contributed by atoms with E-state index in [1.165, 1.54) is 0 Å². The summed E-state index contributed by atoms with van der Waals surface area (Å²) in [7, 11) is 1.60. The molecule has 110 valence electrons. The number of carbonyl (C=O) groups excluding carboxylic acids is 1. The molecule has 0 aliphatic carbocycles. The number of hydrogen-bond donors (Lipinski definition) is 1. The maximum Gasteiger partial charge on any atom is 0.251 e. The van der Waals surface area contributed by atoms with Crippen LogP contribution in [0.4, 0.5) is 0 Å². The Bertz CT molecular complexity index is 597. The van der Waals surface area contributed by atoms with Crippen LogP contribution in [0.3, 0.4) is 0 Å². The van der Waals surface area contributed by atoms with E-state index in [0.717, 1.165) is 5.69 Å². The number of rotatable bonds is 6. The lowest BCUT2D eigenvalue weighted by Gasteiger charge is -2.08. The van der Waals surface area contributed by atoms with Gasteiger partial charge >= 0.3 is 0 Å². The van der Waals surface area contributed by atoms with Crippen LogP contribution in [0.5, 0.6) is 11.6 Å². The zero-order chi connectivity index (χ0) is 15.1. The van der Waals surface area contributed by atoms with E-state index in [-0.39, 0.29) is 5.91 Å². The van der Waals surface area contributed by atoms with E-state index < -0.39 is 0 Å². The molecule has 1 aromatic heterocycles. The first-order valence-electron chi connectivity index (χ1n) is 6.76. The van der Waals surface area contributed by atoms with E-state index in [0.29, 0.717) is 30.4 Å². The fourth-order valence-electron chi connectivity index (χ4n) is 1.77. The highest BCUT2D eigenvalue weighted by molar-refractivity contribution is 5.94. The third-order valence-corrected chi connectivity index (χ3v) is 2.80. The molecule has 1 N–H and O–H groups in total. The Morgan fingerprint density at radius 1 is 1.14 bits per heavy atom. The Kier molecular flexibility index (Phi) is 5.15. The summed E-state index contributed by atoms with van der Waals surface area (Å²) in [5, 5.41) is 2.57. The van der Waals surface area contributed by atoms with Crippen molar-refractivity contribution >= 4 is 5.91 Å². The Labute approximate surface area is 123 Å². The number of hydrogen-bond acceptors (Lipinski definition) is 4. The molecule has 0 aliphatic rings. The van der Waals surface area contributed by atoms with Crippen molar-refractivity contribution in [2.24, 2.45) is 0 Å². The normalized spacial score (nSPS) is 10.0. The van der Waals surface area contributed by atoms with Crippen LogP contribution < -0.4 is 14.8 Å². The largest absolute Gasteiger partial charge is 0.487 e. The van der Waals surface area contributed by atoms with Crippen molar-refractivity contribution in [1.29, 1.82) is 0 Å². The van der Waals surface area contributed by atoms with E-state index in [1.807, 2.05) is 25.1 Å². The van der Waals surface area contributed by atoms with Crippen LogP contribution in [0.25, 0.3) is 0 Å². The molecule has 0 bridgehead atoms. The fraction of sp³-hybridized carbons (Fsp3) is 0.250. The average molecular weight is 286 g/mol. The minimum Gasteiger partial charge on any atom is -0.487 e. The quantitative estimate of drug-likeness (QED) is 0.886. The number of amides is 1. The molecule has 21 heavy (non-hydrogen) atoms. The predicted molar refractivity (Wildman–Crippen MR) is 79.6 cm³/mol. The zero-order valence-electron chi connectivity index (χ0n) is 12.1. The third-order valence-electron chi connectivity index (χ3n) is 2.80. The van der Waals surface area contributed by atoms with Gasteiger partial charge in [-0.3, -0.25) is 4.79 Å². The first-order valence-corrected chi connectivity index (χ1v) is 6.76. The standard InChI is InChI=1S/C16H18N2O3/c1-3-20-15-6-4-5-13(18-15)11-21-14-9-7-12(8-10-14)16(19)17-2/h4-10H,3,11H2,1-2H3,(H,17,19). The van der Waals surface area contributed by atoms with Crippen LogP contribution in [0.2, 0.25) is 0 Å². The minimum absolute atomic E-state index is 0.118. The molecule has 1 aromatic carbocycles. The molecular formula is C16H18N2O3. The second kappa shape index (κ2) is 7.28. The van der Waals surface area contributed by atoms with Gasteiger partial charge in [-0.2, -0.15) is 0 Å². The minimum atomic E-state index is -0.118. The van der Waals surface area contributed by atoms with Crippen molar-refractivity contribution in [3.8, 4) is 11.6 Å². The number of nitrogens with one attached hydrogen (secondary N) is 1. The average Bonchev–Trinajstić information content (AvgIpc) is 2.53.